The second-order valence-corrected chi connectivity index (χ2v) is 6.63. The van der Waals surface area contributed by atoms with Crippen LogP contribution in [0.15, 0.2) is 36.5 Å². The van der Waals surface area contributed by atoms with Crippen LogP contribution in [0.4, 0.5) is 0 Å². The van der Waals surface area contributed by atoms with Gasteiger partial charge in [-0.1, -0.05) is 24.3 Å². The van der Waals surface area contributed by atoms with E-state index >= 15 is 0 Å². The first-order valence-corrected chi connectivity index (χ1v) is 8.48. The number of hydrogen-bond acceptors (Lipinski definition) is 2. The molecule has 2 fully saturated rings. The van der Waals surface area contributed by atoms with E-state index in [9.17, 15) is 9.59 Å². The van der Waals surface area contributed by atoms with Crippen molar-refractivity contribution in [2.75, 3.05) is 13.1 Å². The third-order valence-corrected chi connectivity index (χ3v) is 4.95. The largest absolute Gasteiger partial charge is 0.364 e. The smallest absolute Gasteiger partial charge is 0.256 e. The van der Waals surface area contributed by atoms with Crippen LogP contribution in [-0.4, -0.2) is 34.8 Å². The van der Waals surface area contributed by atoms with Crippen molar-refractivity contribution in [3.63, 3.8) is 0 Å². The van der Waals surface area contributed by atoms with E-state index in [4.69, 9.17) is 0 Å². The van der Waals surface area contributed by atoms with E-state index in [1.807, 2.05) is 43.5 Å². The third-order valence-electron chi connectivity index (χ3n) is 4.95. The molecule has 2 N–H and O–H groups in total. The van der Waals surface area contributed by atoms with E-state index in [0.29, 0.717) is 24.6 Å². The van der Waals surface area contributed by atoms with Gasteiger partial charge in [-0.15, -0.1) is 0 Å². The minimum Gasteiger partial charge on any atom is -0.364 e. The van der Waals surface area contributed by atoms with Crippen molar-refractivity contribution in [1.82, 2.24) is 15.2 Å². The lowest BCUT2D eigenvalue weighted by Crippen LogP contribution is -2.52. The van der Waals surface area contributed by atoms with E-state index in [0.717, 1.165) is 29.7 Å². The number of piperazine rings is 1. The summed E-state index contributed by atoms with van der Waals surface area (Å²) >= 11 is 0. The van der Waals surface area contributed by atoms with Crippen LogP contribution >= 0.6 is 0 Å². The highest BCUT2D eigenvalue weighted by Gasteiger charge is 2.38. The van der Waals surface area contributed by atoms with Gasteiger partial charge in [-0.2, -0.15) is 0 Å². The number of amides is 2. The maximum Gasteiger partial charge on any atom is 0.256 e. The molecule has 1 aromatic heterocycles. The summed E-state index contributed by atoms with van der Waals surface area (Å²) < 4.78 is 0. The first kappa shape index (κ1) is 15.0. The van der Waals surface area contributed by atoms with Crippen molar-refractivity contribution >= 4 is 11.8 Å². The molecule has 0 bridgehead atoms. The summed E-state index contributed by atoms with van der Waals surface area (Å²) in [5.41, 5.74) is 3.65. The van der Waals surface area contributed by atoms with Crippen LogP contribution in [0.3, 0.4) is 0 Å². The average Bonchev–Trinajstić information content (AvgIpc) is 3.32. The summed E-state index contributed by atoms with van der Waals surface area (Å²) in [5.74, 6) is 0.308. The van der Waals surface area contributed by atoms with Crippen LogP contribution in [0, 0.1) is 6.92 Å². The average molecular weight is 323 g/mol. The zero-order valence-corrected chi connectivity index (χ0v) is 13.7. The molecule has 2 aromatic rings. The van der Waals surface area contributed by atoms with Gasteiger partial charge in [0.05, 0.1) is 5.56 Å². The van der Waals surface area contributed by atoms with Gasteiger partial charge in [0, 0.05) is 25.0 Å². The molecule has 2 aliphatic rings. The molecule has 2 amide bonds. The normalized spacial score (nSPS) is 20.8. The minimum absolute atomic E-state index is 0.0544. The first-order valence-electron chi connectivity index (χ1n) is 8.48. The van der Waals surface area contributed by atoms with Gasteiger partial charge in [-0.3, -0.25) is 9.59 Å². The molecular formula is C19H21N3O2. The van der Waals surface area contributed by atoms with Gasteiger partial charge < -0.3 is 15.2 Å². The number of nitrogens with one attached hydrogen (secondary N) is 2. The molecule has 1 aromatic carbocycles. The van der Waals surface area contributed by atoms with Crippen molar-refractivity contribution < 1.29 is 9.59 Å². The summed E-state index contributed by atoms with van der Waals surface area (Å²) in [4.78, 5) is 30.7. The first-order chi connectivity index (χ1) is 11.7. The fourth-order valence-electron chi connectivity index (χ4n) is 3.52. The van der Waals surface area contributed by atoms with Crippen LogP contribution in [0.25, 0.3) is 0 Å². The highest BCUT2D eigenvalue weighted by Crippen LogP contribution is 2.41. The molecule has 24 heavy (non-hydrogen) atoms. The van der Waals surface area contributed by atoms with E-state index in [1.54, 1.807) is 4.90 Å². The van der Waals surface area contributed by atoms with Crippen LogP contribution in [0.1, 0.15) is 52.0 Å². The molecule has 1 saturated carbocycles. The van der Waals surface area contributed by atoms with Crippen molar-refractivity contribution in [1.29, 1.82) is 0 Å². The molecule has 1 unspecified atom stereocenters. The minimum atomic E-state index is -0.561. The summed E-state index contributed by atoms with van der Waals surface area (Å²) in [6.07, 6.45) is 4.08. The topological polar surface area (TPSA) is 65.2 Å². The Hall–Kier alpha value is -2.56. The number of aryl methyl sites for hydroxylation is 1. The van der Waals surface area contributed by atoms with Crippen LogP contribution in [0.5, 0.6) is 0 Å². The molecule has 1 atom stereocenters. The standard InChI is InChI=1S/C19H21N3O2/c1-12-4-2-3-5-14(12)17-18(23)21-10-11-22(17)19(24)15-8-9-20-16(15)13-6-7-13/h2-5,8-9,13,17,20H,6-7,10-11H2,1H3,(H,21,23). The monoisotopic (exact) mass is 323 g/mol. The number of H-pyrrole nitrogens is 1. The molecule has 4 rings (SSSR count). The van der Waals surface area contributed by atoms with Gasteiger partial charge >= 0.3 is 0 Å². The highest BCUT2D eigenvalue weighted by molar-refractivity contribution is 5.99. The predicted molar refractivity (Wildman–Crippen MR) is 90.7 cm³/mol. The third kappa shape index (κ3) is 2.50. The molecule has 1 saturated heterocycles. The zero-order valence-electron chi connectivity index (χ0n) is 13.7. The summed E-state index contributed by atoms with van der Waals surface area (Å²) in [7, 11) is 0. The molecule has 1 aliphatic heterocycles. The summed E-state index contributed by atoms with van der Waals surface area (Å²) in [6, 6.07) is 9.06. The Morgan fingerprint density at radius 1 is 1.21 bits per heavy atom. The number of rotatable bonds is 3. The molecule has 0 radical (unpaired) electrons. The van der Waals surface area contributed by atoms with E-state index in [2.05, 4.69) is 10.3 Å². The zero-order chi connectivity index (χ0) is 16.7. The maximum atomic E-state index is 13.2. The fraction of sp³-hybridized carbons (Fsp3) is 0.368. The lowest BCUT2D eigenvalue weighted by molar-refractivity contribution is -0.128. The number of nitrogens with zero attached hydrogens (tertiary/aromatic N) is 1. The maximum absolute atomic E-state index is 13.2. The molecule has 5 heteroatoms. The number of hydrogen-bond donors (Lipinski definition) is 2. The number of carbonyl (C=O) groups is 2. The Morgan fingerprint density at radius 2 is 2.00 bits per heavy atom. The summed E-state index contributed by atoms with van der Waals surface area (Å²) in [5, 5.41) is 2.90. The number of benzene rings is 1. The van der Waals surface area contributed by atoms with E-state index in [-0.39, 0.29) is 11.8 Å². The molecule has 0 spiro atoms. The van der Waals surface area contributed by atoms with Gasteiger partial charge in [-0.05, 0) is 42.9 Å². The van der Waals surface area contributed by atoms with E-state index in [1.165, 1.54) is 0 Å². The Bertz CT molecular complexity index is 791. The molecule has 1 aliphatic carbocycles. The Labute approximate surface area is 141 Å². The van der Waals surface area contributed by atoms with Crippen molar-refractivity contribution in [2.24, 2.45) is 0 Å². The Morgan fingerprint density at radius 3 is 2.75 bits per heavy atom. The van der Waals surface area contributed by atoms with Gasteiger partial charge in [0.25, 0.3) is 5.91 Å². The quantitative estimate of drug-likeness (QED) is 0.911. The molecule has 2 heterocycles. The predicted octanol–water partition coefficient (Wildman–Crippen LogP) is 2.51. The van der Waals surface area contributed by atoms with Crippen molar-refractivity contribution in [3.05, 3.63) is 58.9 Å². The lowest BCUT2D eigenvalue weighted by atomic mass is 9.97. The number of carbonyl (C=O) groups excluding carboxylic acids is 2. The van der Waals surface area contributed by atoms with Crippen molar-refractivity contribution in [3.8, 4) is 0 Å². The molecule has 124 valence electrons. The Kier molecular flexibility index (Phi) is 3.63. The SMILES string of the molecule is Cc1ccccc1C1C(=O)NCCN1C(=O)c1cc[nH]c1C1CC1. The van der Waals surface area contributed by atoms with E-state index < -0.39 is 6.04 Å². The van der Waals surface area contributed by atoms with Crippen molar-refractivity contribution in [2.45, 2.75) is 31.7 Å². The lowest BCUT2D eigenvalue weighted by Gasteiger charge is -2.36. The molecule has 5 nitrogen and oxygen atoms in total. The summed E-state index contributed by atoms with van der Waals surface area (Å²) in [6.45, 7) is 3.00. The molecular weight excluding hydrogens is 302 g/mol. The van der Waals surface area contributed by atoms with Gasteiger partial charge in [0.15, 0.2) is 0 Å². The van der Waals surface area contributed by atoms with Crippen LogP contribution < -0.4 is 5.32 Å². The van der Waals surface area contributed by atoms with Gasteiger partial charge in [-0.25, -0.2) is 0 Å². The fourth-order valence-corrected chi connectivity index (χ4v) is 3.52. The highest BCUT2D eigenvalue weighted by atomic mass is 16.2. The Balaban J connectivity index is 1.71. The number of aromatic nitrogens is 1. The van der Waals surface area contributed by atoms with Crippen LogP contribution in [-0.2, 0) is 4.79 Å². The van der Waals surface area contributed by atoms with Gasteiger partial charge in [0.2, 0.25) is 5.91 Å². The number of aromatic amines is 1. The second kappa shape index (κ2) is 5.82. The van der Waals surface area contributed by atoms with Crippen LogP contribution in [0.2, 0.25) is 0 Å². The second-order valence-electron chi connectivity index (χ2n) is 6.63. The van der Waals surface area contributed by atoms with Gasteiger partial charge in [0.1, 0.15) is 6.04 Å².